The fourth-order valence-corrected chi connectivity index (χ4v) is 4.62. The van der Waals surface area contributed by atoms with Gasteiger partial charge in [-0.05, 0) is 36.1 Å². The van der Waals surface area contributed by atoms with Gasteiger partial charge in [0.2, 0.25) is 0 Å². The molecular formula is C32H26O4. The number of hydrogen-bond donors (Lipinski definition) is 0. The van der Waals surface area contributed by atoms with Crippen LogP contribution < -0.4 is 9.47 Å². The van der Waals surface area contributed by atoms with Gasteiger partial charge < -0.3 is 9.47 Å². The van der Waals surface area contributed by atoms with Crippen molar-refractivity contribution in [3.05, 3.63) is 119 Å². The molecule has 5 aromatic carbocycles. The lowest BCUT2D eigenvalue weighted by Gasteiger charge is -2.17. The van der Waals surface area contributed by atoms with E-state index in [-0.39, 0.29) is 0 Å². The second-order valence-corrected chi connectivity index (χ2v) is 8.55. The highest BCUT2D eigenvalue weighted by Crippen LogP contribution is 2.43. The molecule has 0 bridgehead atoms. The minimum Gasteiger partial charge on any atom is -0.422 e. The van der Waals surface area contributed by atoms with E-state index in [1.807, 2.05) is 98.8 Å². The summed E-state index contributed by atoms with van der Waals surface area (Å²) in [5, 5.41) is 2.80. The summed E-state index contributed by atoms with van der Waals surface area (Å²) in [6.45, 7) is 4.02. The maximum atomic E-state index is 13.3. The van der Waals surface area contributed by atoms with Crippen molar-refractivity contribution in [1.29, 1.82) is 0 Å². The molecule has 178 valence electrons. The molecule has 0 saturated carbocycles. The van der Waals surface area contributed by atoms with Gasteiger partial charge in [-0.15, -0.1) is 0 Å². The first-order valence-electron chi connectivity index (χ1n) is 12.2. The van der Waals surface area contributed by atoms with Gasteiger partial charge in [0.05, 0.1) is 11.1 Å². The first-order valence-corrected chi connectivity index (χ1v) is 12.2. The van der Waals surface area contributed by atoms with Crippen molar-refractivity contribution >= 4 is 33.5 Å². The average Bonchev–Trinajstić information content (AvgIpc) is 2.94. The van der Waals surface area contributed by atoms with Crippen molar-refractivity contribution < 1.29 is 19.1 Å². The van der Waals surface area contributed by atoms with Crippen molar-refractivity contribution in [3.63, 3.8) is 0 Å². The van der Waals surface area contributed by atoms with E-state index in [2.05, 4.69) is 0 Å². The van der Waals surface area contributed by atoms with Crippen LogP contribution in [0.1, 0.15) is 45.7 Å². The Morgan fingerprint density at radius 2 is 0.806 bits per heavy atom. The standard InChI is InChI=1S/C32H26O4/c1-3-21-13-5-7-15-23(21)31(33)35-29-25-17-9-11-19-27(25)30(28-20-12-10-18-26(28)29)36-32(34)24-16-8-6-14-22(24)4-2/h5-20H,3-4H2,1-2H3. The zero-order chi connectivity index (χ0) is 25.1. The number of carbonyl (C=O) groups is 2. The smallest absolute Gasteiger partial charge is 0.343 e. The van der Waals surface area contributed by atoms with Crippen molar-refractivity contribution in [1.82, 2.24) is 0 Å². The molecule has 0 aromatic heterocycles. The van der Waals surface area contributed by atoms with Crippen LogP contribution in [0, 0.1) is 0 Å². The summed E-state index contributed by atoms with van der Waals surface area (Å²) in [7, 11) is 0. The molecule has 0 N–H and O–H groups in total. The second-order valence-electron chi connectivity index (χ2n) is 8.55. The van der Waals surface area contributed by atoms with Crippen LogP contribution in [0.25, 0.3) is 21.5 Å². The maximum absolute atomic E-state index is 13.3. The van der Waals surface area contributed by atoms with E-state index < -0.39 is 11.9 Å². The van der Waals surface area contributed by atoms with Crippen LogP contribution in [0.15, 0.2) is 97.1 Å². The molecule has 4 nitrogen and oxygen atoms in total. The summed E-state index contributed by atoms with van der Waals surface area (Å²) in [4.78, 5) is 26.6. The molecule has 0 heterocycles. The Morgan fingerprint density at radius 3 is 1.14 bits per heavy atom. The SMILES string of the molecule is CCc1ccccc1C(=O)Oc1c2ccccc2c(OC(=O)c2ccccc2CC)c2ccccc12. The highest BCUT2D eigenvalue weighted by Gasteiger charge is 2.22. The van der Waals surface area contributed by atoms with Crippen molar-refractivity contribution in [2.75, 3.05) is 0 Å². The molecule has 4 heteroatoms. The predicted molar refractivity (Wildman–Crippen MR) is 143 cm³/mol. The molecule has 0 aliphatic rings. The minimum absolute atomic E-state index is 0.413. The molecular weight excluding hydrogens is 448 g/mol. The molecule has 0 aliphatic heterocycles. The summed E-state index contributed by atoms with van der Waals surface area (Å²) < 4.78 is 12.1. The first-order chi connectivity index (χ1) is 17.6. The van der Waals surface area contributed by atoms with Crippen LogP contribution in [0.4, 0.5) is 0 Å². The fraction of sp³-hybridized carbons (Fsp3) is 0.125. The van der Waals surface area contributed by atoms with E-state index in [4.69, 9.17) is 9.47 Å². The lowest BCUT2D eigenvalue weighted by Crippen LogP contribution is -2.13. The molecule has 36 heavy (non-hydrogen) atoms. The number of hydrogen-bond acceptors (Lipinski definition) is 4. The van der Waals surface area contributed by atoms with Crippen LogP contribution in [0.5, 0.6) is 11.5 Å². The van der Waals surface area contributed by atoms with E-state index in [0.29, 0.717) is 44.2 Å². The molecule has 5 rings (SSSR count). The van der Waals surface area contributed by atoms with Gasteiger partial charge in [-0.1, -0.05) is 98.8 Å². The maximum Gasteiger partial charge on any atom is 0.343 e. The van der Waals surface area contributed by atoms with E-state index in [9.17, 15) is 9.59 Å². The average molecular weight is 475 g/mol. The number of ether oxygens (including phenoxy) is 2. The highest BCUT2D eigenvalue weighted by molar-refractivity contribution is 6.14. The van der Waals surface area contributed by atoms with Gasteiger partial charge in [0.1, 0.15) is 11.5 Å². The van der Waals surface area contributed by atoms with Crippen LogP contribution in [-0.2, 0) is 12.8 Å². The number of rotatable bonds is 6. The third kappa shape index (κ3) is 4.22. The Balaban J connectivity index is 1.66. The van der Waals surface area contributed by atoms with Gasteiger partial charge in [-0.3, -0.25) is 0 Å². The van der Waals surface area contributed by atoms with Gasteiger partial charge in [0.25, 0.3) is 0 Å². The summed E-state index contributed by atoms with van der Waals surface area (Å²) in [5.41, 5.74) is 2.94. The van der Waals surface area contributed by atoms with Crippen molar-refractivity contribution in [3.8, 4) is 11.5 Å². The van der Waals surface area contributed by atoms with E-state index >= 15 is 0 Å². The second kappa shape index (κ2) is 10.0. The monoisotopic (exact) mass is 474 g/mol. The Hall–Kier alpha value is -4.44. The first kappa shape index (κ1) is 23.3. The predicted octanol–water partition coefficient (Wildman–Crippen LogP) is 7.56. The van der Waals surface area contributed by atoms with Crippen LogP contribution >= 0.6 is 0 Å². The molecule has 0 spiro atoms. The number of carbonyl (C=O) groups excluding carboxylic acids is 2. The Morgan fingerprint density at radius 1 is 0.500 bits per heavy atom. The Labute approximate surface area is 210 Å². The Bertz CT molecular complexity index is 1420. The molecule has 5 aromatic rings. The van der Waals surface area contributed by atoms with Crippen molar-refractivity contribution in [2.45, 2.75) is 26.7 Å². The zero-order valence-electron chi connectivity index (χ0n) is 20.3. The summed E-state index contributed by atoms with van der Waals surface area (Å²) in [6, 6.07) is 30.0. The van der Waals surface area contributed by atoms with Gasteiger partial charge in [-0.2, -0.15) is 0 Å². The van der Waals surface area contributed by atoms with Crippen LogP contribution in [0.2, 0.25) is 0 Å². The minimum atomic E-state index is -0.413. The highest BCUT2D eigenvalue weighted by atomic mass is 16.5. The van der Waals surface area contributed by atoms with E-state index in [1.165, 1.54) is 0 Å². The fourth-order valence-electron chi connectivity index (χ4n) is 4.62. The third-order valence-corrected chi connectivity index (χ3v) is 6.46. The number of aryl methyl sites for hydroxylation is 2. The topological polar surface area (TPSA) is 52.6 Å². The number of fused-ring (bicyclic) bond motifs is 2. The lowest BCUT2D eigenvalue weighted by molar-refractivity contribution is 0.0725. The molecule has 0 unspecified atom stereocenters. The largest absolute Gasteiger partial charge is 0.422 e. The Kier molecular flexibility index (Phi) is 6.50. The van der Waals surface area contributed by atoms with Crippen molar-refractivity contribution in [2.24, 2.45) is 0 Å². The van der Waals surface area contributed by atoms with Gasteiger partial charge in [-0.25, -0.2) is 9.59 Å². The molecule has 0 fully saturated rings. The van der Waals surface area contributed by atoms with Crippen LogP contribution in [-0.4, -0.2) is 11.9 Å². The van der Waals surface area contributed by atoms with Gasteiger partial charge in [0.15, 0.2) is 0 Å². The molecule has 0 saturated heterocycles. The normalized spacial score (nSPS) is 10.9. The molecule has 0 radical (unpaired) electrons. The van der Waals surface area contributed by atoms with Gasteiger partial charge >= 0.3 is 11.9 Å². The molecule has 0 amide bonds. The lowest BCUT2D eigenvalue weighted by atomic mass is 10.00. The summed E-state index contributed by atoms with van der Waals surface area (Å²) in [5.74, 6) is 0.0745. The quantitative estimate of drug-likeness (QED) is 0.145. The van der Waals surface area contributed by atoms with Crippen LogP contribution in [0.3, 0.4) is 0 Å². The van der Waals surface area contributed by atoms with E-state index in [1.54, 1.807) is 12.1 Å². The third-order valence-electron chi connectivity index (χ3n) is 6.46. The molecule has 0 aliphatic carbocycles. The summed E-state index contributed by atoms with van der Waals surface area (Å²) >= 11 is 0. The number of esters is 2. The van der Waals surface area contributed by atoms with E-state index in [0.717, 1.165) is 24.0 Å². The zero-order valence-corrected chi connectivity index (χ0v) is 20.3. The summed E-state index contributed by atoms with van der Waals surface area (Å²) in [6.07, 6.45) is 1.45. The van der Waals surface area contributed by atoms with Gasteiger partial charge in [0, 0.05) is 21.5 Å². The number of benzene rings is 5. The molecule has 0 atom stereocenters.